The summed E-state index contributed by atoms with van der Waals surface area (Å²) in [5, 5.41) is 0. The number of unbranched alkanes of at least 4 members (excludes halogenated alkanes) is 5. The van der Waals surface area contributed by atoms with Crippen molar-refractivity contribution >= 4 is 10.8 Å². The first-order valence-corrected chi connectivity index (χ1v) is 7.80. The molecule has 0 aliphatic carbocycles. The van der Waals surface area contributed by atoms with Gasteiger partial charge in [-0.05, 0) is 12.8 Å². The zero-order valence-electron chi connectivity index (χ0n) is 10.3. The van der Waals surface area contributed by atoms with Crippen LogP contribution >= 0.6 is 0 Å². The average Bonchev–Trinajstić information content (AvgIpc) is 2.23. The summed E-state index contributed by atoms with van der Waals surface area (Å²) in [4.78, 5) is 0. The molecule has 0 aromatic heterocycles. The first-order chi connectivity index (χ1) is 7.20. The van der Waals surface area contributed by atoms with Crippen LogP contribution in [0.2, 0.25) is 0 Å². The van der Waals surface area contributed by atoms with Gasteiger partial charge in [0, 0.05) is 28.3 Å². The second kappa shape index (κ2) is 10.6. The van der Waals surface area contributed by atoms with Crippen LogP contribution in [0, 0.1) is 0 Å². The maximum Gasteiger partial charge on any atom is 0.0386 e. The fourth-order valence-corrected chi connectivity index (χ4v) is 2.89. The molecule has 15 heavy (non-hydrogen) atoms. The fourth-order valence-electron chi connectivity index (χ4n) is 1.48. The van der Waals surface area contributed by atoms with Crippen molar-refractivity contribution in [2.45, 2.75) is 64.8 Å². The predicted molar refractivity (Wildman–Crippen MR) is 69.5 cm³/mol. The minimum Gasteiger partial charge on any atom is -0.327 e. The molecular weight excluding hydrogens is 206 g/mol. The lowest BCUT2D eigenvalue weighted by atomic mass is 10.1. The standard InChI is InChI=1S/C12H27NOS/c1-3-5-6-7-8-9-10-15(14)11-12(13)4-2/h12H,3-11,13H2,1-2H3. The van der Waals surface area contributed by atoms with E-state index in [9.17, 15) is 4.21 Å². The summed E-state index contributed by atoms with van der Waals surface area (Å²) < 4.78 is 11.5. The third-order valence-electron chi connectivity index (χ3n) is 2.65. The van der Waals surface area contributed by atoms with Crippen molar-refractivity contribution in [3.63, 3.8) is 0 Å². The fraction of sp³-hybridized carbons (Fsp3) is 1.00. The van der Waals surface area contributed by atoms with Crippen LogP contribution in [-0.4, -0.2) is 21.8 Å². The third-order valence-corrected chi connectivity index (χ3v) is 4.19. The Balaban J connectivity index is 3.24. The molecule has 0 aliphatic heterocycles. The molecule has 2 atom stereocenters. The topological polar surface area (TPSA) is 43.1 Å². The van der Waals surface area contributed by atoms with Gasteiger partial charge in [0.1, 0.15) is 0 Å². The smallest absolute Gasteiger partial charge is 0.0386 e. The second-order valence-corrected chi connectivity index (χ2v) is 5.87. The molecule has 0 amide bonds. The minimum absolute atomic E-state index is 0.130. The lowest BCUT2D eigenvalue weighted by molar-refractivity contribution is 0.619. The van der Waals surface area contributed by atoms with Crippen molar-refractivity contribution in [1.29, 1.82) is 0 Å². The van der Waals surface area contributed by atoms with E-state index < -0.39 is 10.8 Å². The minimum atomic E-state index is -0.682. The van der Waals surface area contributed by atoms with Gasteiger partial charge in [0.15, 0.2) is 0 Å². The molecule has 0 aromatic carbocycles. The Bertz CT molecular complexity index is 162. The number of hydrogen-bond donors (Lipinski definition) is 1. The van der Waals surface area contributed by atoms with Gasteiger partial charge in [-0.3, -0.25) is 4.21 Å². The zero-order chi connectivity index (χ0) is 11.5. The number of hydrogen-bond acceptors (Lipinski definition) is 2. The van der Waals surface area contributed by atoms with Gasteiger partial charge in [0.2, 0.25) is 0 Å². The van der Waals surface area contributed by atoms with Gasteiger partial charge in [-0.1, -0.05) is 46.0 Å². The van der Waals surface area contributed by atoms with Gasteiger partial charge >= 0.3 is 0 Å². The van der Waals surface area contributed by atoms with Crippen molar-refractivity contribution in [1.82, 2.24) is 0 Å². The van der Waals surface area contributed by atoms with Gasteiger partial charge < -0.3 is 5.73 Å². The van der Waals surface area contributed by atoms with E-state index in [2.05, 4.69) is 6.92 Å². The molecule has 0 saturated heterocycles. The van der Waals surface area contributed by atoms with E-state index in [0.717, 1.165) is 18.6 Å². The Labute approximate surface area is 97.5 Å². The molecular formula is C12H27NOS. The highest BCUT2D eigenvalue weighted by molar-refractivity contribution is 7.85. The van der Waals surface area contributed by atoms with Gasteiger partial charge in [-0.15, -0.1) is 0 Å². The highest BCUT2D eigenvalue weighted by atomic mass is 32.2. The Morgan fingerprint density at radius 1 is 1.07 bits per heavy atom. The van der Waals surface area contributed by atoms with Crippen LogP contribution in [0.25, 0.3) is 0 Å². The summed E-state index contributed by atoms with van der Waals surface area (Å²) in [5.41, 5.74) is 5.75. The van der Waals surface area contributed by atoms with Crippen LogP contribution in [0.5, 0.6) is 0 Å². The Hall–Kier alpha value is 0.110. The quantitative estimate of drug-likeness (QED) is 0.590. The summed E-state index contributed by atoms with van der Waals surface area (Å²) in [5.74, 6) is 1.53. The van der Waals surface area contributed by atoms with E-state index in [1.54, 1.807) is 0 Å². The molecule has 0 bridgehead atoms. The van der Waals surface area contributed by atoms with Crippen LogP contribution in [0.1, 0.15) is 58.8 Å². The van der Waals surface area contributed by atoms with Gasteiger partial charge in [0.05, 0.1) is 0 Å². The normalized spacial score (nSPS) is 15.1. The van der Waals surface area contributed by atoms with E-state index in [-0.39, 0.29) is 6.04 Å². The molecule has 0 saturated carbocycles. The maximum atomic E-state index is 11.5. The predicted octanol–water partition coefficient (Wildman–Crippen LogP) is 2.83. The molecule has 0 heterocycles. The van der Waals surface area contributed by atoms with E-state index in [4.69, 9.17) is 5.73 Å². The summed E-state index contributed by atoms with van der Waals surface area (Å²) in [6.45, 7) is 4.27. The van der Waals surface area contributed by atoms with Crippen molar-refractivity contribution < 1.29 is 4.21 Å². The van der Waals surface area contributed by atoms with Crippen molar-refractivity contribution in [2.75, 3.05) is 11.5 Å². The van der Waals surface area contributed by atoms with E-state index in [1.165, 1.54) is 32.1 Å². The lowest BCUT2D eigenvalue weighted by Gasteiger charge is -2.07. The molecule has 0 aromatic rings. The van der Waals surface area contributed by atoms with Crippen LogP contribution in [-0.2, 0) is 10.8 Å². The molecule has 0 rings (SSSR count). The van der Waals surface area contributed by atoms with Gasteiger partial charge in [0.25, 0.3) is 0 Å². The zero-order valence-corrected chi connectivity index (χ0v) is 11.2. The monoisotopic (exact) mass is 233 g/mol. The molecule has 2 nitrogen and oxygen atoms in total. The summed E-state index contributed by atoms with van der Waals surface area (Å²) in [7, 11) is -0.682. The summed E-state index contributed by atoms with van der Waals surface area (Å²) in [6.07, 6.45) is 8.52. The molecule has 0 aliphatic rings. The Morgan fingerprint density at radius 2 is 1.67 bits per heavy atom. The van der Waals surface area contributed by atoms with Crippen molar-refractivity contribution in [2.24, 2.45) is 5.73 Å². The first-order valence-electron chi connectivity index (χ1n) is 6.31. The average molecular weight is 233 g/mol. The molecule has 0 fully saturated rings. The molecule has 0 radical (unpaired) electrons. The van der Waals surface area contributed by atoms with Crippen LogP contribution < -0.4 is 5.73 Å². The second-order valence-electron chi connectivity index (χ2n) is 4.25. The lowest BCUT2D eigenvalue weighted by Crippen LogP contribution is -2.26. The Kier molecular flexibility index (Phi) is 10.7. The molecule has 2 N–H and O–H groups in total. The highest BCUT2D eigenvalue weighted by Gasteiger charge is 2.05. The maximum absolute atomic E-state index is 11.5. The molecule has 0 spiro atoms. The summed E-state index contributed by atoms with van der Waals surface area (Å²) >= 11 is 0. The van der Waals surface area contributed by atoms with Crippen LogP contribution in [0.4, 0.5) is 0 Å². The third kappa shape index (κ3) is 10.4. The highest BCUT2D eigenvalue weighted by Crippen LogP contribution is 2.06. The molecule has 3 heteroatoms. The van der Waals surface area contributed by atoms with Crippen LogP contribution in [0.3, 0.4) is 0 Å². The number of nitrogens with two attached hydrogens (primary N) is 1. The largest absolute Gasteiger partial charge is 0.327 e. The SMILES string of the molecule is CCCCCCCCS(=O)CC(N)CC. The van der Waals surface area contributed by atoms with Gasteiger partial charge in [-0.2, -0.15) is 0 Å². The van der Waals surface area contributed by atoms with E-state index in [0.29, 0.717) is 5.75 Å². The first kappa shape index (κ1) is 15.1. The molecule has 92 valence electrons. The van der Waals surface area contributed by atoms with Crippen molar-refractivity contribution in [3.8, 4) is 0 Å². The van der Waals surface area contributed by atoms with E-state index >= 15 is 0 Å². The number of rotatable bonds is 10. The van der Waals surface area contributed by atoms with E-state index in [1.807, 2.05) is 6.92 Å². The van der Waals surface area contributed by atoms with Crippen LogP contribution in [0.15, 0.2) is 0 Å². The molecule has 2 unspecified atom stereocenters. The van der Waals surface area contributed by atoms with Gasteiger partial charge in [-0.25, -0.2) is 0 Å². The Morgan fingerprint density at radius 3 is 2.27 bits per heavy atom. The van der Waals surface area contributed by atoms with Crippen molar-refractivity contribution in [3.05, 3.63) is 0 Å². The summed E-state index contributed by atoms with van der Waals surface area (Å²) in [6, 6.07) is 0.130.